The summed E-state index contributed by atoms with van der Waals surface area (Å²) in [5.41, 5.74) is 12.0. The Labute approximate surface area is 208 Å². The summed E-state index contributed by atoms with van der Waals surface area (Å²) in [7, 11) is 1.96. The molecule has 0 fully saturated rings. The van der Waals surface area contributed by atoms with E-state index in [1.54, 1.807) is 6.92 Å². The Morgan fingerprint density at radius 3 is 2.22 bits per heavy atom. The van der Waals surface area contributed by atoms with Crippen LogP contribution < -0.4 is 15.8 Å². The summed E-state index contributed by atoms with van der Waals surface area (Å²) in [4.78, 5) is 20.8. The Kier molecular flexibility index (Phi) is 5.96. The maximum atomic E-state index is 12.0. The summed E-state index contributed by atoms with van der Waals surface area (Å²) in [5.74, 6) is 1.70. The van der Waals surface area contributed by atoms with E-state index in [1.807, 2.05) is 90.5 Å². The third kappa shape index (κ3) is 4.30. The minimum absolute atomic E-state index is 0.214. The molecule has 0 saturated carbocycles. The number of hydrogen-bond donors (Lipinski definition) is 2. The molecule has 0 aliphatic carbocycles. The first-order valence-electron chi connectivity index (χ1n) is 11.4. The molecule has 5 rings (SSSR count). The number of nitrogens with two attached hydrogens (primary N) is 1. The molecule has 2 aromatic heterocycles. The summed E-state index contributed by atoms with van der Waals surface area (Å²) in [6.45, 7) is 5.36. The fourth-order valence-electron chi connectivity index (χ4n) is 4.16. The van der Waals surface area contributed by atoms with Crippen molar-refractivity contribution in [2.24, 2.45) is 7.05 Å². The molecule has 178 valence electrons. The predicted octanol–water partition coefficient (Wildman–Crippen LogP) is 6.19. The number of rotatable bonds is 6. The smallest absolute Gasteiger partial charge is 0.250 e. The molecule has 0 atom stereocenters. The lowest BCUT2D eigenvalue weighted by molar-refractivity contribution is -0.112. The standard InChI is InChI=1S/C29H25N5O2/c1-18(2)29(35)33-21-13-9-20(10-14-21)26-24(25-27(30)31-17-32-28(25)34(26)3)19-11-15-23(16-12-19)36-22-7-5-4-6-8-22/h4-17H,1H2,2-3H3,(H,33,35)(H2,30,31,32). The molecule has 0 saturated heterocycles. The Morgan fingerprint density at radius 1 is 0.917 bits per heavy atom. The van der Waals surface area contributed by atoms with Gasteiger partial charge in [-0.15, -0.1) is 0 Å². The molecule has 5 aromatic rings. The zero-order chi connectivity index (χ0) is 25.2. The van der Waals surface area contributed by atoms with Crippen LogP contribution in [0.3, 0.4) is 0 Å². The summed E-state index contributed by atoms with van der Waals surface area (Å²) in [6, 6.07) is 25.2. The van der Waals surface area contributed by atoms with Crippen molar-refractivity contribution in [3.8, 4) is 33.9 Å². The Morgan fingerprint density at radius 2 is 1.56 bits per heavy atom. The third-order valence-corrected chi connectivity index (χ3v) is 5.92. The van der Waals surface area contributed by atoms with E-state index in [9.17, 15) is 4.79 Å². The molecular formula is C29H25N5O2. The summed E-state index contributed by atoms with van der Waals surface area (Å²) in [5, 5.41) is 3.62. The van der Waals surface area contributed by atoms with E-state index < -0.39 is 0 Å². The van der Waals surface area contributed by atoms with Crippen LogP contribution in [0.15, 0.2) is 97.3 Å². The van der Waals surface area contributed by atoms with Gasteiger partial charge in [0.25, 0.3) is 5.91 Å². The molecule has 3 aromatic carbocycles. The van der Waals surface area contributed by atoms with E-state index in [2.05, 4.69) is 21.9 Å². The van der Waals surface area contributed by atoms with Gasteiger partial charge in [-0.25, -0.2) is 9.97 Å². The van der Waals surface area contributed by atoms with Gasteiger partial charge in [-0.3, -0.25) is 4.79 Å². The largest absolute Gasteiger partial charge is 0.457 e. The molecule has 7 nitrogen and oxygen atoms in total. The molecule has 0 radical (unpaired) electrons. The van der Waals surface area contributed by atoms with Crippen molar-refractivity contribution < 1.29 is 9.53 Å². The first-order chi connectivity index (χ1) is 17.4. The van der Waals surface area contributed by atoms with Gasteiger partial charge in [0.2, 0.25) is 0 Å². The SMILES string of the molecule is C=C(C)C(=O)Nc1ccc(-c2c(-c3ccc(Oc4ccccc4)cc3)c3c(N)ncnc3n2C)cc1. The number of aryl methyl sites for hydroxylation is 1. The highest BCUT2D eigenvalue weighted by Crippen LogP contribution is 2.42. The molecule has 7 heteroatoms. The minimum atomic E-state index is -0.214. The topological polar surface area (TPSA) is 95.1 Å². The van der Waals surface area contributed by atoms with Crippen molar-refractivity contribution in [1.82, 2.24) is 14.5 Å². The van der Waals surface area contributed by atoms with Gasteiger partial charge in [-0.1, -0.05) is 49.0 Å². The van der Waals surface area contributed by atoms with Gasteiger partial charge in [-0.05, 0) is 54.4 Å². The fourth-order valence-corrected chi connectivity index (χ4v) is 4.16. The lowest BCUT2D eigenvalue weighted by Crippen LogP contribution is -2.11. The van der Waals surface area contributed by atoms with Crippen LogP contribution in [0.25, 0.3) is 33.4 Å². The molecule has 2 heterocycles. The van der Waals surface area contributed by atoms with Gasteiger partial charge in [0, 0.05) is 23.9 Å². The zero-order valence-corrected chi connectivity index (χ0v) is 20.0. The molecule has 3 N–H and O–H groups in total. The van der Waals surface area contributed by atoms with E-state index in [1.165, 1.54) is 6.33 Å². The molecular weight excluding hydrogens is 450 g/mol. The number of ether oxygens (including phenoxy) is 1. The van der Waals surface area contributed by atoms with Crippen molar-refractivity contribution in [2.75, 3.05) is 11.1 Å². The first kappa shape index (κ1) is 22.9. The normalized spacial score (nSPS) is 10.8. The number of carbonyl (C=O) groups excluding carboxylic acids is 1. The van der Waals surface area contributed by atoms with E-state index in [4.69, 9.17) is 10.5 Å². The number of amides is 1. The molecule has 0 aliphatic rings. The average molecular weight is 476 g/mol. The molecule has 36 heavy (non-hydrogen) atoms. The number of fused-ring (bicyclic) bond motifs is 1. The number of hydrogen-bond acceptors (Lipinski definition) is 5. The number of carbonyl (C=O) groups is 1. The quantitative estimate of drug-likeness (QED) is 0.286. The molecule has 0 aliphatic heterocycles. The Bertz CT molecular complexity index is 1570. The second kappa shape index (κ2) is 9.38. The van der Waals surface area contributed by atoms with Crippen molar-refractivity contribution in [2.45, 2.75) is 6.92 Å². The van der Waals surface area contributed by atoms with Crippen LogP contribution in [0.5, 0.6) is 11.5 Å². The van der Waals surface area contributed by atoms with Crippen LogP contribution >= 0.6 is 0 Å². The van der Waals surface area contributed by atoms with Crippen LogP contribution in [0.4, 0.5) is 11.5 Å². The van der Waals surface area contributed by atoms with Gasteiger partial charge in [0.15, 0.2) is 0 Å². The van der Waals surface area contributed by atoms with Crippen molar-refractivity contribution in [3.05, 3.63) is 97.3 Å². The van der Waals surface area contributed by atoms with Gasteiger partial charge >= 0.3 is 0 Å². The zero-order valence-electron chi connectivity index (χ0n) is 20.0. The second-order valence-corrected chi connectivity index (χ2v) is 8.49. The lowest BCUT2D eigenvalue weighted by Gasteiger charge is -2.11. The van der Waals surface area contributed by atoms with Crippen LogP contribution in [0, 0.1) is 0 Å². The van der Waals surface area contributed by atoms with E-state index in [-0.39, 0.29) is 5.91 Å². The first-order valence-corrected chi connectivity index (χ1v) is 11.4. The minimum Gasteiger partial charge on any atom is -0.457 e. The Balaban J connectivity index is 1.59. The number of benzene rings is 3. The second-order valence-electron chi connectivity index (χ2n) is 8.49. The van der Waals surface area contributed by atoms with Crippen molar-refractivity contribution in [1.29, 1.82) is 0 Å². The van der Waals surface area contributed by atoms with Gasteiger partial charge < -0.3 is 20.4 Å². The molecule has 0 spiro atoms. The number of para-hydroxylation sites is 1. The van der Waals surface area contributed by atoms with Crippen LogP contribution in [-0.2, 0) is 11.8 Å². The molecule has 0 unspecified atom stereocenters. The average Bonchev–Trinajstić information content (AvgIpc) is 3.19. The van der Waals surface area contributed by atoms with Crippen molar-refractivity contribution >= 4 is 28.4 Å². The summed E-state index contributed by atoms with van der Waals surface area (Å²) >= 11 is 0. The highest BCUT2D eigenvalue weighted by molar-refractivity contribution is 6.08. The van der Waals surface area contributed by atoms with Crippen molar-refractivity contribution in [3.63, 3.8) is 0 Å². The number of anilines is 2. The number of nitrogens with zero attached hydrogens (tertiary/aromatic N) is 3. The monoisotopic (exact) mass is 475 g/mol. The summed E-state index contributed by atoms with van der Waals surface area (Å²) in [6.07, 6.45) is 1.47. The Hall–Kier alpha value is -4.91. The fraction of sp³-hybridized carbons (Fsp3) is 0.0690. The highest BCUT2D eigenvalue weighted by atomic mass is 16.5. The number of nitrogen functional groups attached to an aromatic ring is 1. The highest BCUT2D eigenvalue weighted by Gasteiger charge is 2.22. The molecule has 1 amide bonds. The van der Waals surface area contributed by atoms with Crippen LogP contribution in [0.2, 0.25) is 0 Å². The van der Waals surface area contributed by atoms with Gasteiger partial charge in [0.1, 0.15) is 29.3 Å². The van der Waals surface area contributed by atoms with E-state index >= 15 is 0 Å². The maximum Gasteiger partial charge on any atom is 0.250 e. The van der Waals surface area contributed by atoms with Crippen LogP contribution in [-0.4, -0.2) is 20.4 Å². The van der Waals surface area contributed by atoms with Gasteiger partial charge in [-0.2, -0.15) is 0 Å². The predicted molar refractivity (Wildman–Crippen MR) is 144 cm³/mol. The molecule has 0 bridgehead atoms. The lowest BCUT2D eigenvalue weighted by atomic mass is 9.98. The third-order valence-electron chi connectivity index (χ3n) is 5.92. The van der Waals surface area contributed by atoms with E-state index in [0.717, 1.165) is 44.9 Å². The summed E-state index contributed by atoms with van der Waals surface area (Å²) < 4.78 is 7.98. The number of nitrogens with one attached hydrogen (secondary N) is 1. The number of aromatic nitrogens is 3. The van der Waals surface area contributed by atoms with Crippen LogP contribution in [0.1, 0.15) is 6.92 Å². The maximum absolute atomic E-state index is 12.0. The van der Waals surface area contributed by atoms with E-state index in [0.29, 0.717) is 17.1 Å². The van der Waals surface area contributed by atoms with Gasteiger partial charge in [0.05, 0.1) is 11.1 Å².